The first-order valence-electron chi connectivity index (χ1n) is 6.09. The van der Waals surface area contributed by atoms with Gasteiger partial charge in [-0.3, -0.25) is 5.32 Å². The minimum atomic E-state index is -3.75. The molecular formula is C13H18ClNO5S. The number of rotatable bonds is 4. The second-order valence-electron chi connectivity index (χ2n) is 5.33. The van der Waals surface area contributed by atoms with E-state index in [-0.39, 0.29) is 5.69 Å². The first-order chi connectivity index (χ1) is 9.50. The van der Waals surface area contributed by atoms with Crippen molar-refractivity contribution in [3.63, 3.8) is 0 Å². The summed E-state index contributed by atoms with van der Waals surface area (Å²) >= 11 is 0. The van der Waals surface area contributed by atoms with Crippen LogP contribution in [0.1, 0.15) is 26.3 Å². The molecule has 1 amide bonds. The van der Waals surface area contributed by atoms with Gasteiger partial charge in [0.25, 0.3) is 0 Å². The summed E-state index contributed by atoms with van der Waals surface area (Å²) in [5.74, 6) is 0.0562. The molecule has 0 bridgehead atoms. The van der Waals surface area contributed by atoms with Crippen LogP contribution in [0.15, 0.2) is 18.2 Å². The van der Waals surface area contributed by atoms with Crippen molar-refractivity contribution in [3.05, 3.63) is 23.8 Å². The van der Waals surface area contributed by atoms with Crippen molar-refractivity contribution in [1.29, 1.82) is 0 Å². The van der Waals surface area contributed by atoms with Crippen LogP contribution in [0.25, 0.3) is 0 Å². The summed E-state index contributed by atoms with van der Waals surface area (Å²) in [5.41, 5.74) is -0.0497. The Morgan fingerprint density at radius 1 is 1.33 bits per heavy atom. The Bertz CT molecular complexity index is 622. The molecule has 0 saturated heterocycles. The molecule has 118 valence electrons. The van der Waals surface area contributed by atoms with Crippen LogP contribution in [0, 0.1) is 0 Å². The quantitative estimate of drug-likeness (QED) is 0.855. The first kappa shape index (κ1) is 17.6. The molecule has 0 aromatic heterocycles. The molecule has 0 radical (unpaired) electrons. The Morgan fingerprint density at radius 2 is 1.95 bits per heavy atom. The van der Waals surface area contributed by atoms with Crippen LogP contribution in [-0.4, -0.2) is 27.2 Å². The third-order valence-electron chi connectivity index (χ3n) is 2.28. The number of ether oxygens (including phenoxy) is 2. The van der Waals surface area contributed by atoms with Gasteiger partial charge in [-0.2, -0.15) is 0 Å². The molecule has 0 fully saturated rings. The van der Waals surface area contributed by atoms with Crippen LogP contribution in [0.4, 0.5) is 10.5 Å². The van der Waals surface area contributed by atoms with E-state index < -0.39 is 26.5 Å². The number of hydrogen-bond donors (Lipinski definition) is 1. The average Bonchev–Trinajstić information content (AvgIpc) is 2.27. The predicted molar refractivity (Wildman–Crippen MR) is 81.3 cm³/mol. The summed E-state index contributed by atoms with van der Waals surface area (Å²) in [7, 11) is 2.97. The van der Waals surface area contributed by atoms with E-state index in [1.54, 1.807) is 26.8 Å². The standard InChI is InChI=1S/C13H18ClNO5S/c1-13(2,3)20-12(16)15-11-7-10(19-4)6-5-9(11)8-21(14,17)18/h5-7H,8H2,1-4H3,(H,15,16). The number of carbonyl (C=O) groups excluding carboxylic acids is 1. The minimum absolute atomic E-state index is 0.271. The third kappa shape index (κ3) is 6.68. The first-order valence-corrected chi connectivity index (χ1v) is 8.57. The Balaban J connectivity index is 3.04. The number of methoxy groups -OCH3 is 1. The number of amides is 1. The topological polar surface area (TPSA) is 81.7 Å². The van der Waals surface area contributed by atoms with Gasteiger partial charge >= 0.3 is 6.09 Å². The van der Waals surface area contributed by atoms with E-state index in [1.165, 1.54) is 19.2 Å². The lowest BCUT2D eigenvalue weighted by molar-refractivity contribution is 0.0636. The van der Waals surface area contributed by atoms with Crippen molar-refractivity contribution in [2.24, 2.45) is 0 Å². The highest BCUT2D eigenvalue weighted by Crippen LogP contribution is 2.26. The lowest BCUT2D eigenvalue weighted by Gasteiger charge is -2.20. The normalized spacial score (nSPS) is 11.9. The Kier molecular flexibility index (Phi) is 5.47. The van der Waals surface area contributed by atoms with Crippen molar-refractivity contribution >= 4 is 31.5 Å². The Labute approximate surface area is 128 Å². The molecule has 8 heteroatoms. The van der Waals surface area contributed by atoms with Crippen LogP contribution < -0.4 is 10.1 Å². The molecule has 6 nitrogen and oxygen atoms in total. The van der Waals surface area contributed by atoms with Crippen molar-refractivity contribution in [2.45, 2.75) is 32.1 Å². The number of carbonyl (C=O) groups is 1. The van der Waals surface area contributed by atoms with E-state index in [0.717, 1.165) is 0 Å². The zero-order chi connectivity index (χ0) is 16.3. The van der Waals surface area contributed by atoms with E-state index in [1.807, 2.05) is 0 Å². The SMILES string of the molecule is COc1ccc(CS(=O)(=O)Cl)c(NC(=O)OC(C)(C)C)c1. The summed E-state index contributed by atoms with van der Waals surface area (Å²) in [6.45, 7) is 5.17. The number of hydrogen-bond acceptors (Lipinski definition) is 5. The lowest BCUT2D eigenvalue weighted by atomic mass is 10.2. The van der Waals surface area contributed by atoms with Gasteiger partial charge in [0.05, 0.1) is 18.6 Å². The minimum Gasteiger partial charge on any atom is -0.497 e. The van der Waals surface area contributed by atoms with E-state index in [2.05, 4.69) is 5.32 Å². The number of benzene rings is 1. The highest BCUT2D eigenvalue weighted by molar-refractivity contribution is 8.13. The van der Waals surface area contributed by atoms with Gasteiger partial charge in [-0.15, -0.1) is 0 Å². The molecule has 0 aliphatic carbocycles. The summed E-state index contributed by atoms with van der Waals surface area (Å²) in [4.78, 5) is 11.8. The number of nitrogens with one attached hydrogen (secondary N) is 1. The van der Waals surface area contributed by atoms with Gasteiger partial charge in [-0.25, -0.2) is 13.2 Å². The zero-order valence-corrected chi connectivity index (χ0v) is 13.8. The van der Waals surface area contributed by atoms with Gasteiger partial charge < -0.3 is 9.47 Å². The molecule has 0 heterocycles. The monoisotopic (exact) mass is 335 g/mol. The zero-order valence-electron chi connectivity index (χ0n) is 12.3. The number of anilines is 1. The second-order valence-corrected chi connectivity index (χ2v) is 8.11. The maximum atomic E-state index is 11.8. The summed E-state index contributed by atoms with van der Waals surface area (Å²) in [6.07, 6.45) is -0.691. The van der Waals surface area contributed by atoms with Gasteiger partial charge in [-0.05, 0) is 32.4 Å². The Morgan fingerprint density at radius 3 is 2.43 bits per heavy atom. The smallest absolute Gasteiger partial charge is 0.412 e. The van der Waals surface area contributed by atoms with Crippen LogP contribution in [0.2, 0.25) is 0 Å². The Hall–Kier alpha value is -1.47. The molecular weight excluding hydrogens is 318 g/mol. The van der Waals surface area contributed by atoms with E-state index in [4.69, 9.17) is 20.2 Å². The van der Waals surface area contributed by atoms with E-state index >= 15 is 0 Å². The maximum Gasteiger partial charge on any atom is 0.412 e. The lowest BCUT2D eigenvalue weighted by Crippen LogP contribution is -2.27. The molecule has 1 N–H and O–H groups in total. The summed E-state index contributed by atoms with van der Waals surface area (Å²) in [6, 6.07) is 4.60. The number of halogens is 1. The van der Waals surface area contributed by atoms with Crippen LogP contribution in [0.5, 0.6) is 5.75 Å². The van der Waals surface area contributed by atoms with Crippen molar-refractivity contribution in [2.75, 3.05) is 12.4 Å². The molecule has 0 unspecified atom stereocenters. The van der Waals surface area contributed by atoms with Gasteiger partial charge in [0.1, 0.15) is 11.4 Å². The highest BCUT2D eigenvalue weighted by Gasteiger charge is 2.19. The van der Waals surface area contributed by atoms with Crippen molar-refractivity contribution in [1.82, 2.24) is 0 Å². The molecule has 1 aromatic carbocycles. The van der Waals surface area contributed by atoms with Crippen LogP contribution in [-0.2, 0) is 19.5 Å². The third-order valence-corrected chi connectivity index (χ3v) is 3.26. The molecule has 0 atom stereocenters. The predicted octanol–water partition coefficient (Wildman–Crippen LogP) is 3.11. The van der Waals surface area contributed by atoms with Crippen LogP contribution in [0.3, 0.4) is 0 Å². The second kappa shape index (κ2) is 6.53. The average molecular weight is 336 g/mol. The van der Waals surface area contributed by atoms with E-state index in [0.29, 0.717) is 11.3 Å². The molecule has 1 rings (SSSR count). The van der Waals surface area contributed by atoms with Gasteiger partial charge in [-0.1, -0.05) is 6.07 Å². The molecule has 0 aliphatic rings. The highest BCUT2D eigenvalue weighted by atomic mass is 35.7. The molecule has 21 heavy (non-hydrogen) atoms. The van der Waals surface area contributed by atoms with E-state index in [9.17, 15) is 13.2 Å². The molecule has 0 spiro atoms. The largest absolute Gasteiger partial charge is 0.497 e. The fourth-order valence-corrected chi connectivity index (χ4v) is 2.50. The fraction of sp³-hybridized carbons (Fsp3) is 0.462. The molecule has 0 aliphatic heterocycles. The molecule has 0 saturated carbocycles. The molecule has 1 aromatic rings. The van der Waals surface area contributed by atoms with Gasteiger partial charge in [0.15, 0.2) is 0 Å². The van der Waals surface area contributed by atoms with Crippen LogP contribution >= 0.6 is 10.7 Å². The summed E-state index contributed by atoms with van der Waals surface area (Å²) in [5, 5.41) is 2.50. The van der Waals surface area contributed by atoms with Gasteiger partial charge in [0, 0.05) is 16.7 Å². The van der Waals surface area contributed by atoms with Gasteiger partial charge in [0.2, 0.25) is 9.05 Å². The van der Waals surface area contributed by atoms with Crippen molar-refractivity contribution < 1.29 is 22.7 Å². The fourth-order valence-electron chi connectivity index (χ4n) is 1.52. The summed E-state index contributed by atoms with van der Waals surface area (Å²) < 4.78 is 32.6. The maximum absolute atomic E-state index is 11.8. The van der Waals surface area contributed by atoms with Crippen molar-refractivity contribution in [3.8, 4) is 5.75 Å².